The second kappa shape index (κ2) is 14.2. The molecule has 61 heavy (non-hydrogen) atoms. The fourth-order valence-corrected chi connectivity index (χ4v) is 8.78. The Morgan fingerprint density at radius 2 is 0.836 bits per heavy atom. The monoisotopic (exact) mass is 778 g/mol. The minimum Gasteiger partial charge on any atom is -0.435 e. The molecule has 12 rings (SSSR count). The Morgan fingerprint density at radius 3 is 1.57 bits per heavy atom. The van der Waals surface area contributed by atoms with Gasteiger partial charge in [-0.25, -0.2) is 19.9 Å². The first-order valence-electron chi connectivity index (χ1n) is 20.5. The summed E-state index contributed by atoms with van der Waals surface area (Å²) in [4.78, 5) is 20.7. The van der Waals surface area contributed by atoms with Gasteiger partial charge >= 0.3 is 0 Å². The standard InChI is InChI=1S/C56H34N4O/c1-4-13-35(14-5-1)40-19-12-20-42(33-40)53-58-54(60-55(59-53)48-31-30-44(36-15-6-2-7-16-36)46-21-10-11-22-47(46)48)43-27-29-45-41(34-43)26-25-37-23-24-38-28-32-49-52(51(38)50(37)45)61-56(57-49)39-17-8-3-9-18-39/h1-34H. The van der Waals surface area contributed by atoms with Crippen molar-refractivity contribution in [2.45, 2.75) is 0 Å². The smallest absolute Gasteiger partial charge is 0.227 e. The molecule has 0 spiro atoms. The fraction of sp³-hybridized carbons (Fsp3) is 0. The summed E-state index contributed by atoms with van der Waals surface area (Å²) in [6.45, 7) is 0. The largest absolute Gasteiger partial charge is 0.435 e. The van der Waals surface area contributed by atoms with Crippen LogP contribution in [-0.2, 0) is 0 Å². The van der Waals surface area contributed by atoms with Gasteiger partial charge in [0.2, 0.25) is 5.89 Å². The van der Waals surface area contributed by atoms with Crippen LogP contribution in [0.5, 0.6) is 0 Å². The molecule has 5 heteroatoms. The molecule has 2 heterocycles. The van der Waals surface area contributed by atoms with Gasteiger partial charge in [-0.1, -0.05) is 170 Å². The molecule has 0 aliphatic rings. The number of hydrogen-bond donors (Lipinski definition) is 0. The first-order chi connectivity index (χ1) is 30.2. The highest BCUT2D eigenvalue weighted by Crippen LogP contribution is 2.40. The van der Waals surface area contributed by atoms with Crippen molar-refractivity contribution in [2.24, 2.45) is 0 Å². The van der Waals surface area contributed by atoms with Crippen molar-refractivity contribution < 1.29 is 4.42 Å². The topological polar surface area (TPSA) is 64.7 Å². The number of hydrogen-bond acceptors (Lipinski definition) is 5. The molecule has 0 saturated carbocycles. The van der Waals surface area contributed by atoms with Gasteiger partial charge in [-0.05, 0) is 91.0 Å². The molecule has 0 saturated heterocycles. The van der Waals surface area contributed by atoms with E-state index in [0.717, 1.165) is 98.7 Å². The third-order valence-corrected chi connectivity index (χ3v) is 11.7. The molecule has 0 fully saturated rings. The van der Waals surface area contributed by atoms with Crippen LogP contribution in [0, 0.1) is 0 Å². The zero-order valence-corrected chi connectivity index (χ0v) is 32.8. The van der Waals surface area contributed by atoms with E-state index in [-0.39, 0.29) is 0 Å². The number of fused-ring (bicyclic) bond motifs is 8. The summed E-state index contributed by atoms with van der Waals surface area (Å²) in [7, 11) is 0. The molecule has 0 aliphatic carbocycles. The molecule has 0 N–H and O–H groups in total. The summed E-state index contributed by atoms with van der Waals surface area (Å²) in [5.41, 5.74) is 9.89. The summed E-state index contributed by atoms with van der Waals surface area (Å²) in [5, 5.41) is 8.82. The summed E-state index contributed by atoms with van der Waals surface area (Å²) in [5.74, 6) is 2.44. The Hall–Kier alpha value is -8.28. The van der Waals surface area contributed by atoms with E-state index in [2.05, 4.69) is 164 Å². The Bertz CT molecular complexity index is 3640. The van der Waals surface area contributed by atoms with Crippen LogP contribution in [0.1, 0.15) is 0 Å². The van der Waals surface area contributed by atoms with Gasteiger partial charge in [0, 0.05) is 33.0 Å². The average molecular weight is 779 g/mol. The third kappa shape index (κ3) is 6.02. The van der Waals surface area contributed by atoms with Crippen molar-refractivity contribution >= 4 is 54.2 Å². The molecule has 0 bridgehead atoms. The zero-order chi connectivity index (χ0) is 40.3. The van der Waals surface area contributed by atoms with Gasteiger partial charge in [-0.15, -0.1) is 0 Å². The van der Waals surface area contributed by atoms with Gasteiger partial charge < -0.3 is 4.42 Å². The normalized spacial score (nSPS) is 11.6. The van der Waals surface area contributed by atoms with Crippen LogP contribution in [0.2, 0.25) is 0 Å². The number of oxazole rings is 1. The van der Waals surface area contributed by atoms with Crippen molar-refractivity contribution in [2.75, 3.05) is 0 Å². The molecule has 0 radical (unpaired) electrons. The lowest BCUT2D eigenvalue weighted by atomic mass is 9.94. The van der Waals surface area contributed by atoms with Gasteiger partial charge in [0.25, 0.3) is 0 Å². The van der Waals surface area contributed by atoms with Crippen LogP contribution in [0.4, 0.5) is 0 Å². The number of nitrogens with zero attached hydrogens (tertiary/aromatic N) is 4. The van der Waals surface area contributed by atoms with Gasteiger partial charge in [-0.3, -0.25) is 0 Å². The van der Waals surface area contributed by atoms with Crippen LogP contribution in [0.3, 0.4) is 0 Å². The van der Waals surface area contributed by atoms with Crippen molar-refractivity contribution in [3.63, 3.8) is 0 Å². The molecule has 2 aromatic heterocycles. The maximum absolute atomic E-state index is 6.59. The lowest BCUT2D eigenvalue weighted by molar-refractivity contribution is 0.623. The first kappa shape index (κ1) is 34.7. The number of rotatable bonds is 6. The third-order valence-electron chi connectivity index (χ3n) is 11.7. The molecular weight excluding hydrogens is 745 g/mol. The molecular formula is C56H34N4O. The van der Waals surface area contributed by atoms with E-state index in [1.165, 1.54) is 0 Å². The second-order valence-electron chi connectivity index (χ2n) is 15.4. The van der Waals surface area contributed by atoms with Gasteiger partial charge in [-0.2, -0.15) is 0 Å². The molecule has 0 atom stereocenters. The Balaban J connectivity index is 1.06. The predicted molar refractivity (Wildman–Crippen MR) is 250 cm³/mol. The molecule has 10 aromatic carbocycles. The van der Waals surface area contributed by atoms with E-state index >= 15 is 0 Å². The van der Waals surface area contributed by atoms with E-state index in [4.69, 9.17) is 24.4 Å². The van der Waals surface area contributed by atoms with E-state index in [9.17, 15) is 0 Å². The van der Waals surface area contributed by atoms with Crippen LogP contribution < -0.4 is 0 Å². The van der Waals surface area contributed by atoms with Gasteiger partial charge in [0.05, 0.1) is 0 Å². The van der Waals surface area contributed by atoms with E-state index in [0.29, 0.717) is 23.4 Å². The quantitative estimate of drug-likeness (QED) is 0.157. The highest BCUT2D eigenvalue weighted by molar-refractivity contribution is 6.26. The molecule has 5 nitrogen and oxygen atoms in total. The SMILES string of the molecule is c1ccc(-c2cccc(-c3nc(-c4ccc5c(ccc6ccc7ccc8nc(-c9ccccc9)oc8c7c65)c4)nc(-c4ccc(-c5ccccc5)c5ccccc45)n3)c2)cc1. The van der Waals surface area contributed by atoms with Gasteiger partial charge in [0.1, 0.15) is 5.52 Å². The lowest BCUT2D eigenvalue weighted by Gasteiger charge is -2.14. The van der Waals surface area contributed by atoms with E-state index in [1.807, 2.05) is 42.5 Å². The molecule has 0 aliphatic heterocycles. The number of benzene rings is 10. The molecule has 12 aromatic rings. The lowest BCUT2D eigenvalue weighted by Crippen LogP contribution is -2.01. The van der Waals surface area contributed by atoms with Crippen LogP contribution in [0.15, 0.2) is 211 Å². The molecule has 284 valence electrons. The summed E-state index contributed by atoms with van der Waals surface area (Å²) in [6.07, 6.45) is 0. The highest BCUT2D eigenvalue weighted by Gasteiger charge is 2.19. The minimum atomic E-state index is 0.603. The Morgan fingerprint density at radius 1 is 0.295 bits per heavy atom. The number of aromatic nitrogens is 4. The van der Waals surface area contributed by atoms with Crippen LogP contribution >= 0.6 is 0 Å². The second-order valence-corrected chi connectivity index (χ2v) is 15.4. The molecule has 0 unspecified atom stereocenters. The van der Waals surface area contributed by atoms with Crippen molar-refractivity contribution in [1.29, 1.82) is 0 Å². The Labute approximate surface area is 351 Å². The summed E-state index contributed by atoms with van der Waals surface area (Å²) >= 11 is 0. The van der Waals surface area contributed by atoms with Crippen molar-refractivity contribution in [1.82, 2.24) is 19.9 Å². The zero-order valence-electron chi connectivity index (χ0n) is 32.8. The van der Waals surface area contributed by atoms with Gasteiger partial charge in [0.15, 0.2) is 23.1 Å². The maximum Gasteiger partial charge on any atom is 0.227 e. The summed E-state index contributed by atoms with van der Waals surface area (Å²) < 4.78 is 6.59. The van der Waals surface area contributed by atoms with Crippen molar-refractivity contribution in [3.05, 3.63) is 206 Å². The average Bonchev–Trinajstić information content (AvgIpc) is 3.79. The van der Waals surface area contributed by atoms with Crippen LogP contribution in [0.25, 0.3) is 122 Å². The minimum absolute atomic E-state index is 0.603. The Kier molecular flexibility index (Phi) is 8.10. The fourth-order valence-electron chi connectivity index (χ4n) is 8.78. The summed E-state index contributed by atoms with van der Waals surface area (Å²) in [6, 6.07) is 71.8. The maximum atomic E-state index is 6.59. The first-order valence-corrected chi connectivity index (χ1v) is 20.5. The van der Waals surface area contributed by atoms with Crippen LogP contribution in [-0.4, -0.2) is 19.9 Å². The molecule has 0 amide bonds. The van der Waals surface area contributed by atoms with E-state index < -0.39 is 0 Å². The predicted octanol–water partition coefficient (Wildman–Crippen LogP) is 14.6. The van der Waals surface area contributed by atoms with Crippen molar-refractivity contribution in [3.8, 4) is 67.9 Å². The highest BCUT2D eigenvalue weighted by atomic mass is 16.3. The van der Waals surface area contributed by atoms with E-state index in [1.54, 1.807) is 0 Å².